The zero-order valence-corrected chi connectivity index (χ0v) is 38.1. The van der Waals surface area contributed by atoms with Crippen LogP contribution in [0.2, 0.25) is 0 Å². The van der Waals surface area contributed by atoms with Crippen molar-refractivity contribution in [2.75, 3.05) is 4.90 Å². The molecule has 1 atom stereocenters. The fraction of sp³-hybridized carbons (Fsp3) is 0.419. The number of hydrogen-bond acceptors (Lipinski definition) is 1. The van der Waals surface area contributed by atoms with Crippen LogP contribution in [0.1, 0.15) is 198 Å². The van der Waals surface area contributed by atoms with Gasteiger partial charge in [-0.25, -0.2) is 0 Å². The van der Waals surface area contributed by atoms with E-state index in [9.17, 15) is 0 Å². The molecular formula is C62H69N. The van der Waals surface area contributed by atoms with Crippen LogP contribution in [0.4, 0.5) is 17.1 Å². The number of anilines is 3. The topological polar surface area (TPSA) is 3.24 Å². The summed E-state index contributed by atoms with van der Waals surface area (Å²) in [5.41, 5.74) is 19.3. The lowest BCUT2D eigenvalue weighted by Gasteiger charge is -2.31. The largest absolute Gasteiger partial charge is 0.310 e. The number of fused-ring (bicyclic) bond motifs is 3. The van der Waals surface area contributed by atoms with Crippen LogP contribution in [0.15, 0.2) is 133 Å². The molecule has 11 rings (SSSR count). The van der Waals surface area contributed by atoms with Gasteiger partial charge < -0.3 is 4.90 Å². The van der Waals surface area contributed by atoms with Crippen LogP contribution in [0.3, 0.4) is 0 Å². The minimum Gasteiger partial charge on any atom is -0.310 e. The second-order valence-electron chi connectivity index (χ2n) is 20.7. The fourth-order valence-electron chi connectivity index (χ4n) is 13.2. The van der Waals surface area contributed by atoms with Crippen LogP contribution in [-0.4, -0.2) is 0 Å². The highest BCUT2D eigenvalue weighted by Gasteiger charge is 2.41. The molecule has 0 aliphatic heterocycles. The van der Waals surface area contributed by atoms with Crippen LogP contribution in [-0.2, 0) is 5.41 Å². The molecule has 0 aromatic heterocycles. The molecule has 0 amide bonds. The Balaban J connectivity index is 0.989. The molecule has 0 spiro atoms. The van der Waals surface area contributed by atoms with E-state index in [0.717, 1.165) is 0 Å². The molecule has 0 bridgehead atoms. The molecule has 4 fully saturated rings. The van der Waals surface area contributed by atoms with E-state index in [1.807, 2.05) is 0 Å². The van der Waals surface area contributed by atoms with E-state index >= 15 is 0 Å². The molecule has 5 aliphatic rings. The molecular weight excluding hydrogens is 759 g/mol. The number of rotatable bonds is 9. The lowest BCUT2D eigenvalue weighted by atomic mass is 9.73. The summed E-state index contributed by atoms with van der Waals surface area (Å²) in [4.78, 5) is 2.54. The summed E-state index contributed by atoms with van der Waals surface area (Å²) < 4.78 is 0. The molecule has 4 saturated carbocycles. The maximum atomic E-state index is 2.63. The summed E-state index contributed by atoms with van der Waals surface area (Å²) in [5, 5.41) is 0. The summed E-state index contributed by atoms with van der Waals surface area (Å²) in [6.45, 7) is 2.48. The molecule has 5 aliphatic carbocycles. The first kappa shape index (κ1) is 40.9. The highest BCUT2D eigenvalue weighted by molar-refractivity contribution is 5.87. The molecule has 0 N–H and O–H groups in total. The first-order valence-corrected chi connectivity index (χ1v) is 25.6. The molecule has 6 aromatic carbocycles. The van der Waals surface area contributed by atoms with Gasteiger partial charge in [-0.15, -0.1) is 0 Å². The maximum Gasteiger partial charge on any atom is 0.0465 e. The Morgan fingerprint density at radius 2 is 0.778 bits per heavy atom. The van der Waals surface area contributed by atoms with E-state index in [-0.39, 0.29) is 5.41 Å². The zero-order chi connectivity index (χ0) is 42.2. The van der Waals surface area contributed by atoms with Crippen molar-refractivity contribution in [2.45, 2.75) is 164 Å². The van der Waals surface area contributed by atoms with Gasteiger partial charge in [-0.2, -0.15) is 0 Å². The molecule has 322 valence electrons. The lowest BCUT2D eigenvalue weighted by Crippen LogP contribution is -2.23. The van der Waals surface area contributed by atoms with Gasteiger partial charge in [0.05, 0.1) is 0 Å². The molecule has 0 radical (unpaired) electrons. The van der Waals surface area contributed by atoms with Crippen molar-refractivity contribution >= 4 is 17.1 Å². The van der Waals surface area contributed by atoms with Gasteiger partial charge >= 0.3 is 0 Å². The predicted octanol–water partition coefficient (Wildman–Crippen LogP) is 18.3. The van der Waals surface area contributed by atoms with Gasteiger partial charge in [0.2, 0.25) is 0 Å². The van der Waals surface area contributed by atoms with Crippen molar-refractivity contribution in [3.05, 3.63) is 172 Å². The molecule has 0 heterocycles. The van der Waals surface area contributed by atoms with E-state index in [2.05, 4.69) is 145 Å². The third-order valence-corrected chi connectivity index (χ3v) is 16.9. The Morgan fingerprint density at radius 3 is 1.30 bits per heavy atom. The molecule has 63 heavy (non-hydrogen) atoms. The van der Waals surface area contributed by atoms with Gasteiger partial charge in [0, 0.05) is 22.5 Å². The quantitative estimate of drug-likeness (QED) is 0.140. The molecule has 0 saturated heterocycles. The van der Waals surface area contributed by atoms with Crippen molar-refractivity contribution in [2.24, 2.45) is 0 Å². The highest BCUT2D eigenvalue weighted by Crippen LogP contribution is 2.54. The van der Waals surface area contributed by atoms with Crippen LogP contribution in [0.5, 0.6) is 0 Å². The minimum absolute atomic E-state index is 0.257. The standard InChI is InChI=1S/C62H69N/c1-62(54-32-26-48(27-33-54)44-16-6-2-7-17-44)60-25-15-14-24-58(60)59-39-38-57(43-61(59)62)63(55-34-28-49(29-35-55)45-18-8-3-9-19-45)56-36-30-50(31-37-56)53-41-51(46-20-10-4-11-21-46)40-52(42-53)47-22-12-5-13-23-47/h14-15,24-47H,2-13,16-23H2,1H3. The third kappa shape index (κ3) is 8.02. The van der Waals surface area contributed by atoms with Gasteiger partial charge in [0.1, 0.15) is 0 Å². The second-order valence-corrected chi connectivity index (χ2v) is 20.7. The smallest absolute Gasteiger partial charge is 0.0465 e. The van der Waals surface area contributed by atoms with Crippen molar-refractivity contribution in [3.63, 3.8) is 0 Å². The Hall–Kier alpha value is -4.88. The zero-order valence-electron chi connectivity index (χ0n) is 38.1. The fourth-order valence-corrected chi connectivity index (χ4v) is 13.2. The van der Waals surface area contributed by atoms with E-state index < -0.39 is 0 Å². The van der Waals surface area contributed by atoms with E-state index in [1.165, 1.54) is 196 Å². The maximum absolute atomic E-state index is 2.63. The van der Waals surface area contributed by atoms with Crippen LogP contribution < -0.4 is 4.90 Å². The Bertz CT molecular complexity index is 2450. The monoisotopic (exact) mass is 828 g/mol. The van der Waals surface area contributed by atoms with Crippen LogP contribution >= 0.6 is 0 Å². The van der Waals surface area contributed by atoms with Gasteiger partial charge in [-0.3, -0.25) is 0 Å². The summed E-state index contributed by atoms with van der Waals surface area (Å²) in [5.74, 6) is 2.81. The van der Waals surface area contributed by atoms with E-state index in [1.54, 1.807) is 11.1 Å². The highest BCUT2D eigenvalue weighted by atomic mass is 15.1. The summed E-state index contributed by atoms with van der Waals surface area (Å²) in [6.07, 6.45) is 27.2. The average Bonchev–Trinajstić information content (AvgIpc) is 3.63. The van der Waals surface area contributed by atoms with E-state index in [4.69, 9.17) is 0 Å². The number of nitrogens with zero attached hydrogens (tertiary/aromatic N) is 1. The minimum atomic E-state index is -0.257. The van der Waals surface area contributed by atoms with Crippen molar-refractivity contribution in [3.8, 4) is 22.3 Å². The Labute approximate surface area is 379 Å². The number of hydrogen-bond donors (Lipinski definition) is 0. The number of benzene rings is 6. The van der Waals surface area contributed by atoms with Crippen molar-refractivity contribution in [1.82, 2.24) is 0 Å². The van der Waals surface area contributed by atoms with Crippen molar-refractivity contribution < 1.29 is 0 Å². The lowest BCUT2D eigenvalue weighted by molar-refractivity contribution is 0.435. The van der Waals surface area contributed by atoms with Gasteiger partial charge in [-0.1, -0.05) is 174 Å². The van der Waals surface area contributed by atoms with Crippen molar-refractivity contribution in [1.29, 1.82) is 0 Å². The summed E-state index contributed by atoms with van der Waals surface area (Å²) in [7, 11) is 0. The third-order valence-electron chi connectivity index (χ3n) is 16.9. The second kappa shape index (κ2) is 17.9. The SMILES string of the molecule is CC1(c2ccc(C3CCCCC3)cc2)c2ccccc2-c2ccc(N(c3ccc(-c4cc(C5CCCCC5)cc(C5CCCCC5)c4)cc3)c3ccc(C4CCCCC4)cc3)cc21. The Kier molecular flexibility index (Phi) is 11.6. The first-order valence-electron chi connectivity index (χ1n) is 25.6. The summed E-state index contributed by atoms with van der Waals surface area (Å²) >= 11 is 0. The summed E-state index contributed by atoms with van der Waals surface area (Å²) in [6, 6.07) is 53.5. The first-order chi connectivity index (χ1) is 31.1. The normalized spacial score (nSPS) is 21.2. The van der Waals surface area contributed by atoms with Crippen LogP contribution in [0.25, 0.3) is 22.3 Å². The molecule has 1 heteroatoms. The van der Waals surface area contributed by atoms with Gasteiger partial charge in [0.25, 0.3) is 0 Å². The molecule has 1 unspecified atom stereocenters. The van der Waals surface area contributed by atoms with Crippen LogP contribution in [0, 0.1) is 0 Å². The van der Waals surface area contributed by atoms with E-state index in [0.29, 0.717) is 23.7 Å². The van der Waals surface area contributed by atoms with Gasteiger partial charge in [-0.05, 0) is 180 Å². The average molecular weight is 828 g/mol. The molecule has 1 nitrogen and oxygen atoms in total. The van der Waals surface area contributed by atoms with Gasteiger partial charge in [0.15, 0.2) is 0 Å². The molecule has 6 aromatic rings. The predicted molar refractivity (Wildman–Crippen MR) is 267 cm³/mol. The Morgan fingerprint density at radius 1 is 0.349 bits per heavy atom.